The second-order valence-electron chi connectivity index (χ2n) is 7.49. The van der Waals surface area contributed by atoms with Crippen molar-refractivity contribution >= 4 is 28.3 Å². The van der Waals surface area contributed by atoms with Crippen LogP contribution in [0.2, 0.25) is 0 Å². The molecule has 1 aromatic heterocycles. The van der Waals surface area contributed by atoms with Gasteiger partial charge in [0.1, 0.15) is 0 Å². The van der Waals surface area contributed by atoms with Gasteiger partial charge in [-0.15, -0.1) is 0 Å². The summed E-state index contributed by atoms with van der Waals surface area (Å²) in [4.78, 5) is 20.8. The highest BCUT2D eigenvalue weighted by atomic mass is 16.7. The number of aryl methyl sites for hydroxylation is 1. The molecule has 32 heavy (non-hydrogen) atoms. The van der Waals surface area contributed by atoms with E-state index in [1.165, 1.54) is 0 Å². The predicted octanol–water partition coefficient (Wildman–Crippen LogP) is 6.39. The molecule has 5 nitrogen and oxygen atoms in total. The molecule has 0 bridgehead atoms. The molecule has 4 aromatic rings. The number of hydrogen-bond acceptors (Lipinski definition) is 3. The van der Waals surface area contributed by atoms with E-state index in [2.05, 4.69) is 29.1 Å². The quantitative estimate of drug-likeness (QED) is 0.157. The number of fused-ring (bicyclic) bond motifs is 1. The fraction of sp³-hybridized carbons (Fsp3) is 0.148. The molecule has 5 heteroatoms. The number of oxime groups is 1. The van der Waals surface area contributed by atoms with Crippen molar-refractivity contribution in [1.29, 1.82) is 0 Å². The summed E-state index contributed by atoms with van der Waals surface area (Å²) in [6.07, 6.45) is 2.75. The normalized spacial score (nSPS) is 11.3. The summed E-state index contributed by atoms with van der Waals surface area (Å²) < 4.78 is 2.01. The van der Waals surface area contributed by atoms with E-state index in [0.29, 0.717) is 17.8 Å². The molecular weight excluding hydrogens is 398 g/mol. The summed E-state index contributed by atoms with van der Waals surface area (Å²) in [6, 6.07) is 23.6. The zero-order valence-electron chi connectivity index (χ0n) is 18.1. The maximum absolute atomic E-state index is 11.9. The Kier molecular flexibility index (Phi) is 6.14. The second-order valence-corrected chi connectivity index (χ2v) is 7.49. The van der Waals surface area contributed by atoms with E-state index in [9.17, 15) is 4.79 Å². The Morgan fingerprint density at radius 3 is 2.53 bits per heavy atom. The fourth-order valence-corrected chi connectivity index (χ4v) is 3.71. The van der Waals surface area contributed by atoms with E-state index in [1.54, 1.807) is 6.92 Å². The van der Waals surface area contributed by atoms with E-state index in [0.717, 1.165) is 33.3 Å². The molecule has 0 atom stereocenters. The molecule has 4 rings (SSSR count). The molecule has 0 saturated heterocycles. The van der Waals surface area contributed by atoms with Gasteiger partial charge in [0, 0.05) is 30.0 Å². The first-order valence-electron chi connectivity index (χ1n) is 10.5. The largest absolute Gasteiger partial charge is 0.334 e. The maximum atomic E-state index is 11.9. The van der Waals surface area contributed by atoms with Crippen LogP contribution in [0.15, 0.2) is 84.1 Å². The van der Waals surface area contributed by atoms with Crippen LogP contribution in [0.1, 0.15) is 30.0 Å². The van der Waals surface area contributed by atoms with Gasteiger partial charge in [0.2, 0.25) is 5.69 Å². The number of carbonyl (C=O) groups is 1. The zero-order valence-corrected chi connectivity index (χ0v) is 18.1. The smallest absolute Gasteiger partial charge is 0.326 e. The number of hydrogen-bond donors (Lipinski definition) is 0. The van der Waals surface area contributed by atoms with Crippen LogP contribution in [0.25, 0.3) is 21.4 Å². The Balaban J connectivity index is 1.90. The van der Waals surface area contributed by atoms with Crippen LogP contribution >= 0.6 is 0 Å². The van der Waals surface area contributed by atoms with Crippen LogP contribution in [0.4, 0.5) is 5.69 Å². The standard InChI is InChI=1S/C27H23N3O2/c1-4-27(31)32-29-24(17-20-12-6-5-11-19(20)2)22-18-30(25-15-9-7-13-21(22)25)26-16-10-8-14-23(26)28-3/h5-16,18H,4,17H2,1-2H3/b29-24+. The van der Waals surface area contributed by atoms with Crippen molar-refractivity contribution in [1.82, 2.24) is 4.57 Å². The lowest BCUT2D eigenvalue weighted by atomic mass is 9.98. The first-order valence-corrected chi connectivity index (χ1v) is 10.5. The van der Waals surface area contributed by atoms with Gasteiger partial charge in [0.05, 0.1) is 23.5 Å². The lowest BCUT2D eigenvalue weighted by Crippen LogP contribution is -2.09. The van der Waals surface area contributed by atoms with Gasteiger partial charge < -0.3 is 9.40 Å². The highest BCUT2D eigenvalue weighted by molar-refractivity contribution is 6.12. The van der Waals surface area contributed by atoms with Gasteiger partial charge in [-0.3, -0.25) is 0 Å². The van der Waals surface area contributed by atoms with Gasteiger partial charge in [0.15, 0.2) is 0 Å². The van der Waals surface area contributed by atoms with Gasteiger partial charge in [0.25, 0.3) is 0 Å². The molecule has 0 N–H and O–H groups in total. The van der Waals surface area contributed by atoms with Crippen LogP contribution < -0.4 is 0 Å². The first kappa shape index (κ1) is 21.1. The van der Waals surface area contributed by atoms with Gasteiger partial charge in [-0.05, 0) is 30.2 Å². The van der Waals surface area contributed by atoms with Crippen LogP contribution in [0.3, 0.4) is 0 Å². The van der Waals surface area contributed by atoms with Crippen molar-refractivity contribution < 1.29 is 9.63 Å². The summed E-state index contributed by atoms with van der Waals surface area (Å²) in [5, 5.41) is 5.27. The van der Waals surface area contributed by atoms with E-state index in [-0.39, 0.29) is 12.4 Å². The number of rotatable bonds is 6. The highest BCUT2D eigenvalue weighted by Gasteiger charge is 2.18. The third-order valence-corrected chi connectivity index (χ3v) is 5.45. The van der Waals surface area contributed by atoms with Crippen molar-refractivity contribution in [3.05, 3.63) is 107 Å². The van der Waals surface area contributed by atoms with Crippen molar-refractivity contribution in [3.63, 3.8) is 0 Å². The third kappa shape index (κ3) is 4.17. The van der Waals surface area contributed by atoms with Gasteiger partial charge in [-0.1, -0.05) is 72.7 Å². The molecule has 0 unspecified atom stereocenters. The summed E-state index contributed by atoms with van der Waals surface area (Å²) in [5.41, 5.74) is 6.10. The first-order chi connectivity index (χ1) is 15.6. The van der Waals surface area contributed by atoms with Crippen LogP contribution in [-0.2, 0) is 16.1 Å². The van der Waals surface area contributed by atoms with Gasteiger partial charge in [-0.25, -0.2) is 9.64 Å². The van der Waals surface area contributed by atoms with E-state index in [1.807, 2.05) is 71.4 Å². The van der Waals surface area contributed by atoms with Crippen molar-refractivity contribution in [2.45, 2.75) is 26.7 Å². The molecule has 1 heterocycles. The highest BCUT2D eigenvalue weighted by Crippen LogP contribution is 2.31. The summed E-state index contributed by atoms with van der Waals surface area (Å²) >= 11 is 0. The molecular formula is C27H23N3O2. The number of benzene rings is 3. The minimum Gasteiger partial charge on any atom is -0.326 e. The van der Waals surface area contributed by atoms with Crippen LogP contribution in [0, 0.1) is 13.5 Å². The van der Waals surface area contributed by atoms with Crippen molar-refractivity contribution in [2.24, 2.45) is 5.16 Å². The molecule has 0 radical (unpaired) electrons. The molecule has 158 valence electrons. The van der Waals surface area contributed by atoms with Gasteiger partial charge >= 0.3 is 5.97 Å². The minimum absolute atomic E-state index is 0.251. The molecule has 0 spiro atoms. The summed E-state index contributed by atoms with van der Waals surface area (Å²) in [6.45, 7) is 11.4. The Hall–Kier alpha value is -4.17. The summed E-state index contributed by atoms with van der Waals surface area (Å²) in [5.74, 6) is -0.380. The molecule has 3 aromatic carbocycles. The van der Waals surface area contributed by atoms with Gasteiger partial charge in [-0.2, -0.15) is 0 Å². The maximum Gasteiger partial charge on any atom is 0.334 e. The Labute approximate surface area is 187 Å². The Bertz CT molecular complexity index is 1360. The fourth-order valence-electron chi connectivity index (χ4n) is 3.71. The average Bonchev–Trinajstić information content (AvgIpc) is 3.22. The minimum atomic E-state index is -0.380. The molecule has 0 saturated carbocycles. The summed E-state index contributed by atoms with van der Waals surface area (Å²) in [7, 11) is 0. The molecule has 0 aliphatic carbocycles. The lowest BCUT2D eigenvalue weighted by molar-refractivity contribution is -0.143. The predicted molar refractivity (Wildman–Crippen MR) is 127 cm³/mol. The molecule has 0 amide bonds. The third-order valence-electron chi connectivity index (χ3n) is 5.45. The molecule has 0 fully saturated rings. The van der Waals surface area contributed by atoms with Crippen molar-refractivity contribution in [2.75, 3.05) is 0 Å². The van der Waals surface area contributed by atoms with Crippen LogP contribution in [0.5, 0.6) is 0 Å². The molecule has 0 aliphatic heterocycles. The van der Waals surface area contributed by atoms with E-state index < -0.39 is 0 Å². The van der Waals surface area contributed by atoms with E-state index >= 15 is 0 Å². The number of nitrogens with zero attached hydrogens (tertiary/aromatic N) is 3. The SMILES string of the molecule is [C-]#[N+]c1ccccc1-n1cc(/C(Cc2ccccc2C)=N/OC(=O)CC)c2ccccc21. The monoisotopic (exact) mass is 421 g/mol. The number of para-hydroxylation sites is 3. The average molecular weight is 422 g/mol. The van der Waals surface area contributed by atoms with Crippen molar-refractivity contribution in [3.8, 4) is 5.69 Å². The van der Waals surface area contributed by atoms with Crippen LogP contribution in [-0.4, -0.2) is 16.2 Å². The van der Waals surface area contributed by atoms with E-state index in [4.69, 9.17) is 11.4 Å². The number of carbonyl (C=O) groups excluding carboxylic acids is 1. The zero-order chi connectivity index (χ0) is 22.5. The Morgan fingerprint density at radius 1 is 1.03 bits per heavy atom. The number of aromatic nitrogens is 1. The Morgan fingerprint density at radius 2 is 1.75 bits per heavy atom. The second kappa shape index (κ2) is 9.32. The topological polar surface area (TPSA) is 48.0 Å². The lowest BCUT2D eigenvalue weighted by Gasteiger charge is -2.08. The molecule has 0 aliphatic rings.